The van der Waals surface area contributed by atoms with Crippen molar-refractivity contribution < 1.29 is 14.3 Å². The summed E-state index contributed by atoms with van der Waals surface area (Å²) in [5.41, 5.74) is 5.57. The standard InChI is InChI=1S/C16H30N2O3/c1-4-15(5-2)12(11-13(15)21-6-3)18-14(19)16(17)7-9-20-10-8-16/h12-13H,4-11,17H2,1-3H3,(H,18,19). The van der Waals surface area contributed by atoms with Gasteiger partial charge >= 0.3 is 0 Å². The van der Waals surface area contributed by atoms with Crippen molar-refractivity contribution in [3.8, 4) is 0 Å². The van der Waals surface area contributed by atoms with Crippen LogP contribution in [0.15, 0.2) is 0 Å². The van der Waals surface area contributed by atoms with E-state index in [-0.39, 0.29) is 23.5 Å². The normalized spacial score (nSPS) is 30.5. The van der Waals surface area contributed by atoms with Crippen molar-refractivity contribution in [1.29, 1.82) is 0 Å². The number of ether oxygens (including phenoxy) is 2. The second-order valence-corrected chi connectivity index (χ2v) is 6.41. The molecular weight excluding hydrogens is 268 g/mol. The maximum absolute atomic E-state index is 12.6. The fourth-order valence-corrected chi connectivity index (χ4v) is 3.85. The lowest BCUT2D eigenvalue weighted by molar-refractivity contribution is -0.153. The van der Waals surface area contributed by atoms with Crippen LogP contribution in [0.2, 0.25) is 0 Å². The van der Waals surface area contributed by atoms with Crippen LogP contribution in [0.3, 0.4) is 0 Å². The van der Waals surface area contributed by atoms with E-state index in [0.717, 1.165) is 25.9 Å². The van der Waals surface area contributed by atoms with Crippen LogP contribution in [0.5, 0.6) is 0 Å². The SMILES string of the molecule is CCOC1CC(NC(=O)C2(N)CCOCC2)C1(CC)CC. The Labute approximate surface area is 127 Å². The minimum Gasteiger partial charge on any atom is -0.381 e. The lowest BCUT2D eigenvalue weighted by Crippen LogP contribution is -2.68. The first kappa shape index (κ1) is 16.7. The molecular formula is C16H30N2O3. The molecule has 122 valence electrons. The number of carbonyl (C=O) groups is 1. The van der Waals surface area contributed by atoms with E-state index in [1.54, 1.807) is 0 Å². The van der Waals surface area contributed by atoms with Crippen LogP contribution in [-0.2, 0) is 14.3 Å². The third-order valence-electron chi connectivity index (χ3n) is 5.61. The van der Waals surface area contributed by atoms with E-state index >= 15 is 0 Å². The molecule has 5 heteroatoms. The third kappa shape index (κ3) is 2.96. The van der Waals surface area contributed by atoms with Crippen molar-refractivity contribution in [3.63, 3.8) is 0 Å². The zero-order valence-corrected chi connectivity index (χ0v) is 13.6. The van der Waals surface area contributed by atoms with Gasteiger partial charge in [0.1, 0.15) is 0 Å². The van der Waals surface area contributed by atoms with Gasteiger partial charge in [0.05, 0.1) is 11.6 Å². The highest BCUT2D eigenvalue weighted by Crippen LogP contribution is 2.49. The molecule has 0 bridgehead atoms. The summed E-state index contributed by atoms with van der Waals surface area (Å²) in [6, 6.07) is 0.180. The molecule has 2 unspecified atom stereocenters. The zero-order valence-electron chi connectivity index (χ0n) is 13.6. The summed E-state index contributed by atoms with van der Waals surface area (Å²) >= 11 is 0. The predicted molar refractivity (Wildman–Crippen MR) is 81.9 cm³/mol. The topological polar surface area (TPSA) is 73.6 Å². The van der Waals surface area contributed by atoms with Gasteiger partial charge in [0.25, 0.3) is 0 Å². The predicted octanol–water partition coefficient (Wildman–Crippen LogP) is 1.59. The Kier molecular flexibility index (Phi) is 5.28. The molecule has 0 aromatic rings. The Morgan fingerprint density at radius 2 is 1.90 bits per heavy atom. The summed E-state index contributed by atoms with van der Waals surface area (Å²) in [7, 11) is 0. The molecule has 1 saturated carbocycles. The Morgan fingerprint density at radius 3 is 2.43 bits per heavy atom. The van der Waals surface area contributed by atoms with Crippen LogP contribution in [0, 0.1) is 5.41 Å². The van der Waals surface area contributed by atoms with E-state index in [9.17, 15) is 4.79 Å². The first-order chi connectivity index (χ1) is 10.0. The number of rotatable bonds is 6. The van der Waals surface area contributed by atoms with Gasteiger partial charge in [-0.05, 0) is 39.0 Å². The van der Waals surface area contributed by atoms with Crippen molar-refractivity contribution in [1.82, 2.24) is 5.32 Å². The molecule has 1 aliphatic heterocycles. The molecule has 1 aliphatic carbocycles. The molecule has 0 aromatic heterocycles. The van der Waals surface area contributed by atoms with Crippen molar-refractivity contribution in [2.24, 2.45) is 11.1 Å². The van der Waals surface area contributed by atoms with Gasteiger partial charge in [0, 0.05) is 31.3 Å². The van der Waals surface area contributed by atoms with Gasteiger partial charge in [-0.2, -0.15) is 0 Å². The van der Waals surface area contributed by atoms with Crippen LogP contribution in [-0.4, -0.2) is 43.4 Å². The summed E-state index contributed by atoms with van der Waals surface area (Å²) in [5.74, 6) is -0.0166. The second kappa shape index (κ2) is 6.63. The van der Waals surface area contributed by atoms with E-state index in [1.807, 2.05) is 6.92 Å². The van der Waals surface area contributed by atoms with E-state index in [2.05, 4.69) is 19.2 Å². The van der Waals surface area contributed by atoms with Crippen LogP contribution < -0.4 is 11.1 Å². The van der Waals surface area contributed by atoms with Gasteiger partial charge < -0.3 is 20.5 Å². The number of hydrogen-bond acceptors (Lipinski definition) is 4. The Hall–Kier alpha value is -0.650. The Balaban J connectivity index is 2.00. The highest BCUT2D eigenvalue weighted by atomic mass is 16.5. The molecule has 21 heavy (non-hydrogen) atoms. The Bertz CT molecular complexity index is 363. The van der Waals surface area contributed by atoms with Gasteiger partial charge in [-0.3, -0.25) is 4.79 Å². The molecule has 2 aliphatic rings. The first-order valence-electron chi connectivity index (χ1n) is 8.31. The van der Waals surface area contributed by atoms with E-state index in [0.29, 0.717) is 26.1 Å². The number of nitrogens with two attached hydrogens (primary N) is 1. The quantitative estimate of drug-likeness (QED) is 0.781. The number of hydrogen-bond donors (Lipinski definition) is 2. The smallest absolute Gasteiger partial charge is 0.240 e. The molecule has 0 radical (unpaired) electrons. The fraction of sp³-hybridized carbons (Fsp3) is 0.938. The number of nitrogens with one attached hydrogen (secondary N) is 1. The maximum atomic E-state index is 12.6. The molecule has 2 rings (SSSR count). The van der Waals surface area contributed by atoms with E-state index in [1.165, 1.54) is 0 Å². The van der Waals surface area contributed by atoms with Gasteiger partial charge in [-0.25, -0.2) is 0 Å². The maximum Gasteiger partial charge on any atom is 0.240 e. The number of amides is 1. The van der Waals surface area contributed by atoms with Crippen molar-refractivity contribution in [3.05, 3.63) is 0 Å². The molecule has 2 atom stereocenters. The summed E-state index contributed by atoms with van der Waals surface area (Å²) in [5, 5.41) is 3.21. The summed E-state index contributed by atoms with van der Waals surface area (Å²) in [4.78, 5) is 12.6. The first-order valence-corrected chi connectivity index (χ1v) is 8.31. The highest BCUT2D eigenvalue weighted by molar-refractivity contribution is 5.86. The summed E-state index contributed by atoms with van der Waals surface area (Å²) in [6.07, 6.45) is 4.39. The van der Waals surface area contributed by atoms with Crippen LogP contribution in [0.1, 0.15) is 52.9 Å². The third-order valence-corrected chi connectivity index (χ3v) is 5.61. The highest BCUT2D eigenvalue weighted by Gasteiger charge is 2.54. The fourth-order valence-electron chi connectivity index (χ4n) is 3.85. The van der Waals surface area contributed by atoms with E-state index < -0.39 is 5.54 Å². The average molecular weight is 298 g/mol. The zero-order chi connectivity index (χ0) is 15.5. The van der Waals surface area contributed by atoms with E-state index in [4.69, 9.17) is 15.2 Å². The minimum absolute atomic E-state index is 0.0166. The largest absolute Gasteiger partial charge is 0.381 e. The lowest BCUT2D eigenvalue weighted by Gasteiger charge is -2.56. The summed E-state index contributed by atoms with van der Waals surface area (Å²) in [6.45, 7) is 8.26. The molecule has 0 aromatic carbocycles. The molecule has 3 N–H and O–H groups in total. The van der Waals surface area contributed by atoms with Gasteiger partial charge in [0.15, 0.2) is 0 Å². The molecule has 5 nitrogen and oxygen atoms in total. The van der Waals surface area contributed by atoms with Crippen LogP contribution in [0.4, 0.5) is 0 Å². The number of carbonyl (C=O) groups excluding carboxylic acids is 1. The molecule has 2 fully saturated rings. The lowest BCUT2D eigenvalue weighted by atomic mass is 9.58. The Morgan fingerprint density at radius 1 is 1.29 bits per heavy atom. The monoisotopic (exact) mass is 298 g/mol. The van der Waals surface area contributed by atoms with Gasteiger partial charge in [0.2, 0.25) is 5.91 Å². The van der Waals surface area contributed by atoms with Gasteiger partial charge in [-0.1, -0.05) is 13.8 Å². The second-order valence-electron chi connectivity index (χ2n) is 6.41. The molecule has 1 amide bonds. The van der Waals surface area contributed by atoms with Gasteiger partial charge in [-0.15, -0.1) is 0 Å². The average Bonchev–Trinajstić information content (AvgIpc) is 2.48. The molecule has 0 spiro atoms. The van der Waals surface area contributed by atoms with Crippen LogP contribution in [0.25, 0.3) is 0 Å². The summed E-state index contributed by atoms with van der Waals surface area (Å²) < 4.78 is 11.2. The van der Waals surface area contributed by atoms with Crippen molar-refractivity contribution >= 4 is 5.91 Å². The van der Waals surface area contributed by atoms with Crippen molar-refractivity contribution in [2.45, 2.75) is 70.6 Å². The molecule has 1 heterocycles. The van der Waals surface area contributed by atoms with Crippen LogP contribution >= 0.6 is 0 Å². The minimum atomic E-state index is -0.762. The molecule has 1 saturated heterocycles. The van der Waals surface area contributed by atoms with Crippen molar-refractivity contribution in [2.75, 3.05) is 19.8 Å².